The molecule has 3 nitrogen and oxygen atoms in total. The Hall–Kier alpha value is -1.13. The minimum Gasteiger partial charge on any atom is -0.356 e. The van der Waals surface area contributed by atoms with Gasteiger partial charge in [0.25, 0.3) is 0 Å². The quantitative estimate of drug-likeness (QED) is 0.913. The third-order valence-electron chi connectivity index (χ3n) is 4.03. The first kappa shape index (κ1) is 13.8. The van der Waals surface area contributed by atoms with Crippen LogP contribution >= 0.6 is 11.3 Å². The molecule has 0 spiro atoms. The van der Waals surface area contributed by atoms with E-state index in [0.29, 0.717) is 0 Å². The van der Waals surface area contributed by atoms with Crippen molar-refractivity contribution in [1.82, 2.24) is 10.3 Å². The van der Waals surface area contributed by atoms with Crippen molar-refractivity contribution in [2.45, 2.75) is 26.2 Å². The van der Waals surface area contributed by atoms with E-state index in [1.54, 1.807) is 11.3 Å². The van der Waals surface area contributed by atoms with Gasteiger partial charge in [0.05, 0.1) is 0 Å². The number of nitrogens with zero attached hydrogens (tertiary/aromatic N) is 2. The Morgan fingerprint density at radius 2 is 2.40 bits per heavy atom. The molecule has 1 saturated heterocycles. The predicted octanol–water partition coefficient (Wildman–Crippen LogP) is 3.51. The predicted molar refractivity (Wildman–Crippen MR) is 87.7 cm³/mol. The van der Waals surface area contributed by atoms with Crippen LogP contribution in [0.2, 0.25) is 0 Å². The topological polar surface area (TPSA) is 28.2 Å². The van der Waals surface area contributed by atoms with Crippen LogP contribution in [0.15, 0.2) is 23.7 Å². The fourth-order valence-corrected chi connectivity index (χ4v) is 3.85. The number of pyridine rings is 1. The van der Waals surface area contributed by atoms with Crippen molar-refractivity contribution in [1.29, 1.82) is 0 Å². The molecule has 3 rings (SSSR count). The van der Waals surface area contributed by atoms with Crippen LogP contribution in [0.1, 0.15) is 26.2 Å². The number of fused-ring (bicyclic) bond motifs is 1. The number of nitrogens with one attached hydrogen (secondary N) is 1. The van der Waals surface area contributed by atoms with Crippen molar-refractivity contribution in [2.24, 2.45) is 5.92 Å². The van der Waals surface area contributed by atoms with Crippen LogP contribution < -0.4 is 10.2 Å². The number of anilines is 1. The minimum atomic E-state index is 0.756. The summed E-state index contributed by atoms with van der Waals surface area (Å²) in [7, 11) is 0. The highest BCUT2D eigenvalue weighted by molar-refractivity contribution is 7.17. The van der Waals surface area contributed by atoms with Crippen molar-refractivity contribution < 1.29 is 0 Å². The maximum absolute atomic E-state index is 4.68. The number of hydrogen-bond donors (Lipinski definition) is 1. The van der Waals surface area contributed by atoms with Crippen LogP contribution in [-0.2, 0) is 0 Å². The van der Waals surface area contributed by atoms with Crippen LogP contribution in [0.5, 0.6) is 0 Å². The van der Waals surface area contributed by atoms with E-state index in [0.717, 1.165) is 25.6 Å². The zero-order chi connectivity index (χ0) is 13.8. The highest BCUT2D eigenvalue weighted by Crippen LogP contribution is 2.29. The minimum absolute atomic E-state index is 0.756. The van der Waals surface area contributed by atoms with Crippen molar-refractivity contribution in [2.75, 3.05) is 31.1 Å². The third-order valence-corrected chi connectivity index (χ3v) is 4.91. The SMILES string of the molecule is CCCN(CC1CCCNC1)c1nccc2sccc12. The summed E-state index contributed by atoms with van der Waals surface area (Å²) in [5.41, 5.74) is 0. The summed E-state index contributed by atoms with van der Waals surface area (Å²) in [4.78, 5) is 7.17. The van der Waals surface area contributed by atoms with Gasteiger partial charge in [-0.1, -0.05) is 6.92 Å². The molecule has 0 saturated carbocycles. The zero-order valence-corrected chi connectivity index (χ0v) is 13.0. The van der Waals surface area contributed by atoms with Gasteiger partial charge >= 0.3 is 0 Å². The number of thiophene rings is 1. The molecule has 1 N–H and O–H groups in total. The van der Waals surface area contributed by atoms with Gasteiger partial charge in [0.1, 0.15) is 5.82 Å². The van der Waals surface area contributed by atoms with E-state index >= 15 is 0 Å². The van der Waals surface area contributed by atoms with Crippen LogP contribution in [0.25, 0.3) is 10.1 Å². The molecule has 1 unspecified atom stereocenters. The molecule has 2 aromatic rings. The number of aromatic nitrogens is 1. The molecule has 0 aromatic carbocycles. The van der Waals surface area contributed by atoms with Gasteiger partial charge in [-0.05, 0) is 55.8 Å². The Morgan fingerprint density at radius 3 is 3.20 bits per heavy atom. The van der Waals surface area contributed by atoms with E-state index in [2.05, 4.69) is 39.6 Å². The van der Waals surface area contributed by atoms with Crippen LogP contribution in [0.4, 0.5) is 5.82 Å². The molecule has 0 radical (unpaired) electrons. The van der Waals surface area contributed by atoms with E-state index in [-0.39, 0.29) is 0 Å². The van der Waals surface area contributed by atoms with Crippen molar-refractivity contribution >= 4 is 27.2 Å². The normalized spacial score (nSPS) is 19.4. The van der Waals surface area contributed by atoms with E-state index in [1.165, 1.54) is 41.7 Å². The molecular formula is C16H23N3S. The maximum atomic E-state index is 4.68. The van der Waals surface area contributed by atoms with Crippen LogP contribution in [0, 0.1) is 5.92 Å². The Morgan fingerprint density at radius 1 is 1.45 bits per heavy atom. The van der Waals surface area contributed by atoms with Gasteiger partial charge in [0.2, 0.25) is 0 Å². The molecule has 0 amide bonds. The highest BCUT2D eigenvalue weighted by Gasteiger charge is 2.19. The van der Waals surface area contributed by atoms with Gasteiger partial charge in [-0.25, -0.2) is 4.98 Å². The lowest BCUT2D eigenvalue weighted by Gasteiger charge is -2.31. The largest absolute Gasteiger partial charge is 0.356 e. The summed E-state index contributed by atoms with van der Waals surface area (Å²) in [6.07, 6.45) is 5.77. The van der Waals surface area contributed by atoms with Gasteiger partial charge in [-0.3, -0.25) is 0 Å². The molecule has 1 fully saturated rings. The van der Waals surface area contributed by atoms with Crippen molar-refractivity contribution in [3.05, 3.63) is 23.7 Å². The molecular weight excluding hydrogens is 266 g/mol. The number of rotatable bonds is 5. The first-order chi connectivity index (χ1) is 9.88. The maximum Gasteiger partial charge on any atom is 0.137 e. The summed E-state index contributed by atoms with van der Waals surface area (Å²) in [5, 5.41) is 7.00. The Bertz CT molecular complexity index is 545. The Kier molecular flexibility index (Phi) is 4.53. The lowest BCUT2D eigenvalue weighted by molar-refractivity contribution is 0.376. The Balaban J connectivity index is 1.83. The lowest BCUT2D eigenvalue weighted by atomic mass is 9.99. The molecule has 4 heteroatoms. The molecule has 1 atom stereocenters. The van der Waals surface area contributed by atoms with Gasteiger partial charge in [0, 0.05) is 29.4 Å². The standard InChI is InChI=1S/C16H23N3S/c1-2-9-19(12-13-4-3-7-17-11-13)16-14-6-10-20-15(14)5-8-18-16/h5-6,8,10,13,17H,2-4,7,9,11-12H2,1H3. The zero-order valence-electron chi connectivity index (χ0n) is 12.1. The van der Waals surface area contributed by atoms with Crippen LogP contribution in [0.3, 0.4) is 0 Å². The second kappa shape index (κ2) is 6.55. The van der Waals surface area contributed by atoms with Gasteiger partial charge < -0.3 is 10.2 Å². The first-order valence-corrected chi connectivity index (χ1v) is 8.54. The van der Waals surface area contributed by atoms with E-state index in [9.17, 15) is 0 Å². The second-order valence-electron chi connectivity index (χ2n) is 5.63. The fourth-order valence-electron chi connectivity index (χ4n) is 3.08. The van der Waals surface area contributed by atoms with Crippen LogP contribution in [-0.4, -0.2) is 31.2 Å². The highest BCUT2D eigenvalue weighted by atomic mass is 32.1. The second-order valence-corrected chi connectivity index (χ2v) is 6.57. The molecule has 1 aliphatic rings. The monoisotopic (exact) mass is 289 g/mol. The summed E-state index contributed by atoms with van der Waals surface area (Å²) in [5.74, 6) is 1.93. The Labute approximate surface area is 125 Å². The van der Waals surface area contributed by atoms with E-state index in [4.69, 9.17) is 0 Å². The van der Waals surface area contributed by atoms with Gasteiger partial charge in [-0.2, -0.15) is 0 Å². The molecule has 3 heterocycles. The van der Waals surface area contributed by atoms with Gasteiger partial charge in [-0.15, -0.1) is 11.3 Å². The van der Waals surface area contributed by atoms with Crippen molar-refractivity contribution in [3.8, 4) is 0 Å². The summed E-state index contributed by atoms with van der Waals surface area (Å²) < 4.78 is 1.35. The summed E-state index contributed by atoms with van der Waals surface area (Å²) >= 11 is 1.80. The summed E-state index contributed by atoms with van der Waals surface area (Å²) in [6, 6.07) is 4.33. The van der Waals surface area contributed by atoms with Crippen molar-refractivity contribution in [3.63, 3.8) is 0 Å². The molecule has 1 aliphatic heterocycles. The molecule has 0 bridgehead atoms. The number of hydrogen-bond acceptors (Lipinski definition) is 4. The smallest absolute Gasteiger partial charge is 0.137 e. The molecule has 108 valence electrons. The van der Waals surface area contributed by atoms with E-state index in [1.807, 2.05) is 6.20 Å². The fraction of sp³-hybridized carbons (Fsp3) is 0.562. The number of piperidine rings is 1. The van der Waals surface area contributed by atoms with E-state index < -0.39 is 0 Å². The van der Waals surface area contributed by atoms with Gasteiger partial charge in [0.15, 0.2) is 0 Å². The summed E-state index contributed by atoms with van der Waals surface area (Å²) in [6.45, 7) is 6.81. The average molecular weight is 289 g/mol. The lowest BCUT2D eigenvalue weighted by Crippen LogP contribution is -2.39. The average Bonchev–Trinajstić information content (AvgIpc) is 2.96. The first-order valence-electron chi connectivity index (χ1n) is 7.66. The molecule has 20 heavy (non-hydrogen) atoms. The third kappa shape index (κ3) is 2.96. The molecule has 2 aromatic heterocycles. The molecule has 0 aliphatic carbocycles.